The summed E-state index contributed by atoms with van der Waals surface area (Å²) in [6.07, 6.45) is 0.860. The fourth-order valence-corrected chi connectivity index (χ4v) is 2.92. The summed E-state index contributed by atoms with van der Waals surface area (Å²) in [5, 5.41) is 2.71. The number of nitrogens with two attached hydrogens (primary N) is 1. The third-order valence-corrected chi connectivity index (χ3v) is 4.47. The van der Waals surface area contributed by atoms with Crippen LogP contribution in [0.25, 0.3) is 0 Å². The average molecular weight is 435 g/mol. The molecule has 0 aromatic heterocycles. The summed E-state index contributed by atoms with van der Waals surface area (Å²) in [7, 11) is 1.31. The Balaban J connectivity index is 0.00000450. The third-order valence-electron chi connectivity index (χ3n) is 4.47. The molecule has 30 heavy (non-hydrogen) atoms. The molecule has 3 N–H and O–H groups in total. The van der Waals surface area contributed by atoms with Crippen LogP contribution in [0.1, 0.15) is 31.4 Å². The van der Waals surface area contributed by atoms with Gasteiger partial charge >= 0.3 is 5.97 Å². The van der Waals surface area contributed by atoms with E-state index >= 15 is 0 Å². The van der Waals surface area contributed by atoms with Gasteiger partial charge in [0.2, 0.25) is 5.91 Å². The van der Waals surface area contributed by atoms with Crippen LogP contribution in [0, 0.1) is 5.92 Å². The fraction of sp³-hybridized carbons (Fsp3) is 0.391. The maximum Gasteiger partial charge on any atom is 0.328 e. The van der Waals surface area contributed by atoms with Gasteiger partial charge in [0.25, 0.3) is 0 Å². The first kappa shape index (κ1) is 25.5. The van der Waals surface area contributed by atoms with Crippen LogP contribution in [0.5, 0.6) is 5.75 Å². The SMILES string of the molecule is COC(=O)[C@H](CC(C)C)NC(=O)[C@@H](N)Cc1ccc(OCc2ccccc2)cc1.Cl. The van der Waals surface area contributed by atoms with Crippen LogP contribution in [0.15, 0.2) is 54.6 Å². The lowest BCUT2D eigenvalue weighted by Gasteiger charge is -2.20. The molecule has 2 rings (SSSR count). The maximum atomic E-state index is 12.4. The fourth-order valence-electron chi connectivity index (χ4n) is 2.92. The van der Waals surface area contributed by atoms with Gasteiger partial charge in [-0.15, -0.1) is 12.4 Å². The second kappa shape index (κ2) is 12.9. The first-order chi connectivity index (χ1) is 13.9. The number of nitrogens with one attached hydrogen (secondary N) is 1. The van der Waals surface area contributed by atoms with Crippen LogP contribution >= 0.6 is 12.4 Å². The van der Waals surface area contributed by atoms with Gasteiger partial charge in [-0.3, -0.25) is 4.79 Å². The standard InChI is InChI=1S/C23H30N2O4.ClH/c1-16(2)13-21(23(27)28-3)25-22(26)20(24)14-17-9-11-19(12-10-17)29-15-18-7-5-4-6-8-18;/h4-12,16,20-21H,13-15,24H2,1-3H3,(H,25,26);1H/t20-,21-;/m0./s1. The molecule has 0 aliphatic heterocycles. The monoisotopic (exact) mass is 434 g/mol. The maximum absolute atomic E-state index is 12.4. The zero-order valence-electron chi connectivity index (χ0n) is 17.7. The number of hydrogen-bond donors (Lipinski definition) is 2. The molecule has 2 atom stereocenters. The Morgan fingerprint density at radius 2 is 1.63 bits per heavy atom. The third kappa shape index (κ3) is 8.43. The Labute approximate surface area is 184 Å². The molecule has 0 spiro atoms. The highest BCUT2D eigenvalue weighted by molar-refractivity contribution is 5.87. The Hall–Kier alpha value is -2.57. The second-order valence-electron chi connectivity index (χ2n) is 7.44. The molecule has 0 fully saturated rings. The first-order valence-corrected chi connectivity index (χ1v) is 9.78. The summed E-state index contributed by atoms with van der Waals surface area (Å²) in [4.78, 5) is 24.3. The molecule has 164 valence electrons. The molecule has 1 amide bonds. The van der Waals surface area contributed by atoms with Gasteiger partial charge < -0.3 is 20.5 Å². The van der Waals surface area contributed by atoms with Crippen molar-refractivity contribution in [2.75, 3.05) is 7.11 Å². The molecule has 0 bridgehead atoms. The molecule has 6 nitrogen and oxygen atoms in total. The van der Waals surface area contributed by atoms with E-state index in [0.29, 0.717) is 19.4 Å². The molecule has 0 unspecified atom stereocenters. The number of halogens is 1. The van der Waals surface area contributed by atoms with E-state index in [1.807, 2.05) is 68.4 Å². The number of esters is 1. The zero-order chi connectivity index (χ0) is 21.2. The Morgan fingerprint density at radius 3 is 2.20 bits per heavy atom. The van der Waals surface area contributed by atoms with Gasteiger partial charge in [-0.05, 0) is 42.0 Å². The molecule has 2 aromatic rings. The van der Waals surface area contributed by atoms with E-state index in [4.69, 9.17) is 15.2 Å². The van der Waals surface area contributed by atoms with Crippen molar-refractivity contribution in [1.82, 2.24) is 5.32 Å². The molecular formula is C23H31ClN2O4. The van der Waals surface area contributed by atoms with E-state index in [1.165, 1.54) is 7.11 Å². The molecule has 0 radical (unpaired) electrons. The van der Waals surface area contributed by atoms with E-state index in [0.717, 1.165) is 16.9 Å². The number of benzene rings is 2. The molecular weight excluding hydrogens is 404 g/mol. The van der Waals surface area contributed by atoms with Crippen LogP contribution in [0.4, 0.5) is 0 Å². The lowest BCUT2D eigenvalue weighted by atomic mass is 10.0. The van der Waals surface area contributed by atoms with Gasteiger partial charge in [-0.1, -0.05) is 56.3 Å². The van der Waals surface area contributed by atoms with Crippen LogP contribution < -0.4 is 15.8 Å². The van der Waals surface area contributed by atoms with Crippen molar-refractivity contribution in [3.63, 3.8) is 0 Å². The van der Waals surface area contributed by atoms with Crippen LogP contribution in [-0.4, -0.2) is 31.1 Å². The molecule has 0 saturated carbocycles. The van der Waals surface area contributed by atoms with Crippen LogP contribution in [0.3, 0.4) is 0 Å². The van der Waals surface area contributed by atoms with Gasteiger partial charge in [-0.25, -0.2) is 4.79 Å². The largest absolute Gasteiger partial charge is 0.489 e. The van der Waals surface area contributed by atoms with Crippen molar-refractivity contribution >= 4 is 24.3 Å². The highest BCUT2D eigenvalue weighted by Gasteiger charge is 2.25. The number of hydrogen-bond acceptors (Lipinski definition) is 5. The summed E-state index contributed by atoms with van der Waals surface area (Å²) in [6.45, 7) is 4.44. The number of ether oxygens (including phenoxy) is 2. The van der Waals surface area contributed by atoms with E-state index in [1.54, 1.807) is 0 Å². The number of amides is 1. The molecule has 0 heterocycles. The van der Waals surface area contributed by atoms with E-state index in [-0.39, 0.29) is 24.2 Å². The van der Waals surface area contributed by atoms with Crippen LogP contribution in [-0.2, 0) is 27.4 Å². The minimum absolute atomic E-state index is 0. The lowest BCUT2D eigenvalue weighted by molar-refractivity contribution is -0.145. The first-order valence-electron chi connectivity index (χ1n) is 9.78. The van der Waals surface area contributed by atoms with Crippen molar-refractivity contribution in [3.05, 3.63) is 65.7 Å². The second-order valence-corrected chi connectivity index (χ2v) is 7.44. The van der Waals surface area contributed by atoms with Crippen molar-refractivity contribution in [1.29, 1.82) is 0 Å². The van der Waals surface area contributed by atoms with E-state index in [9.17, 15) is 9.59 Å². The summed E-state index contributed by atoms with van der Waals surface area (Å²) in [5.41, 5.74) is 8.06. The summed E-state index contributed by atoms with van der Waals surface area (Å²) in [5.74, 6) is 0.155. The summed E-state index contributed by atoms with van der Waals surface area (Å²) >= 11 is 0. The highest BCUT2D eigenvalue weighted by Crippen LogP contribution is 2.15. The highest BCUT2D eigenvalue weighted by atomic mass is 35.5. The Kier molecular flexibility index (Phi) is 10.9. The lowest BCUT2D eigenvalue weighted by Crippen LogP contribution is -2.49. The number of rotatable bonds is 10. The molecule has 0 saturated heterocycles. The smallest absolute Gasteiger partial charge is 0.328 e. The van der Waals surface area contributed by atoms with E-state index < -0.39 is 18.1 Å². The average Bonchev–Trinajstić information content (AvgIpc) is 2.72. The molecule has 7 heteroatoms. The van der Waals surface area contributed by atoms with Gasteiger partial charge in [-0.2, -0.15) is 0 Å². The minimum atomic E-state index is -0.759. The molecule has 2 aromatic carbocycles. The quantitative estimate of drug-likeness (QED) is 0.560. The van der Waals surface area contributed by atoms with Gasteiger partial charge in [0.15, 0.2) is 0 Å². The summed E-state index contributed by atoms with van der Waals surface area (Å²) in [6, 6.07) is 16.0. The van der Waals surface area contributed by atoms with Gasteiger partial charge in [0, 0.05) is 0 Å². The summed E-state index contributed by atoms with van der Waals surface area (Å²) < 4.78 is 10.5. The number of carbonyl (C=O) groups excluding carboxylic acids is 2. The van der Waals surface area contributed by atoms with Crippen molar-refractivity contribution in [3.8, 4) is 5.75 Å². The molecule has 0 aliphatic carbocycles. The Bertz CT molecular complexity index is 782. The predicted molar refractivity (Wildman–Crippen MR) is 120 cm³/mol. The minimum Gasteiger partial charge on any atom is -0.489 e. The van der Waals surface area contributed by atoms with E-state index in [2.05, 4.69) is 5.32 Å². The van der Waals surface area contributed by atoms with Crippen molar-refractivity contribution in [2.45, 2.75) is 45.4 Å². The number of carbonyl (C=O) groups is 2. The van der Waals surface area contributed by atoms with Crippen molar-refractivity contribution in [2.24, 2.45) is 11.7 Å². The van der Waals surface area contributed by atoms with Gasteiger partial charge in [0.1, 0.15) is 18.4 Å². The topological polar surface area (TPSA) is 90.7 Å². The Morgan fingerprint density at radius 1 is 1.00 bits per heavy atom. The molecule has 0 aliphatic rings. The van der Waals surface area contributed by atoms with Gasteiger partial charge in [0.05, 0.1) is 13.2 Å². The number of methoxy groups -OCH3 is 1. The van der Waals surface area contributed by atoms with Crippen molar-refractivity contribution < 1.29 is 19.1 Å². The predicted octanol–water partition coefficient (Wildman–Crippen LogP) is 3.26. The van der Waals surface area contributed by atoms with Crippen LogP contribution in [0.2, 0.25) is 0 Å². The zero-order valence-corrected chi connectivity index (χ0v) is 18.5. The normalized spacial score (nSPS) is 12.4.